The van der Waals surface area contributed by atoms with Crippen molar-refractivity contribution in [1.29, 1.82) is 0 Å². The molecule has 5 heteroatoms. The zero-order chi connectivity index (χ0) is 14.0. The number of carbonyl (C=O) groups excluding carboxylic acids is 1. The van der Waals surface area contributed by atoms with Crippen LogP contribution in [0.1, 0.15) is 31.4 Å². The van der Waals surface area contributed by atoms with E-state index in [4.69, 9.17) is 4.74 Å². The highest BCUT2D eigenvalue weighted by atomic mass is 32.2. The zero-order valence-electron chi connectivity index (χ0n) is 11.2. The number of sulfone groups is 1. The molecule has 2 rings (SSSR count). The second kappa shape index (κ2) is 5.33. The van der Waals surface area contributed by atoms with Crippen LogP contribution in [-0.4, -0.2) is 26.2 Å². The Bertz CT molecular complexity index is 589. The first-order valence-electron chi connectivity index (χ1n) is 6.49. The number of ether oxygens (including phenoxy) is 1. The number of hydrogen-bond acceptors (Lipinski definition) is 4. The van der Waals surface area contributed by atoms with Gasteiger partial charge in [-0.3, -0.25) is 4.79 Å². The van der Waals surface area contributed by atoms with Gasteiger partial charge in [-0.05, 0) is 56.4 Å². The fourth-order valence-corrected chi connectivity index (χ4v) is 3.61. The van der Waals surface area contributed by atoms with Crippen molar-refractivity contribution in [2.24, 2.45) is 0 Å². The Balaban J connectivity index is 2.32. The Morgan fingerprint density at radius 1 is 1.32 bits per heavy atom. The van der Waals surface area contributed by atoms with E-state index >= 15 is 0 Å². The third kappa shape index (κ3) is 2.66. The van der Waals surface area contributed by atoms with Crippen LogP contribution in [-0.2, 0) is 32.2 Å². The number of rotatable bonds is 4. The van der Waals surface area contributed by atoms with Crippen LogP contribution in [0.3, 0.4) is 0 Å². The molecular weight excluding hydrogens is 264 g/mol. The zero-order valence-corrected chi connectivity index (χ0v) is 12.0. The molecule has 0 aromatic heterocycles. The van der Waals surface area contributed by atoms with Crippen molar-refractivity contribution in [2.45, 2.75) is 43.3 Å². The third-order valence-corrected chi connectivity index (χ3v) is 5.52. The molecule has 0 spiro atoms. The molecule has 0 heterocycles. The van der Waals surface area contributed by atoms with Gasteiger partial charge in [-0.1, -0.05) is 6.07 Å². The van der Waals surface area contributed by atoms with E-state index in [-0.39, 0.29) is 11.5 Å². The van der Waals surface area contributed by atoms with Crippen molar-refractivity contribution in [1.82, 2.24) is 0 Å². The van der Waals surface area contributed by atoms with Crippen molar-refractivity contribution < 1.29 is 17.9 Å². The minimum absolute atomic E-state index is 0.183. The van der Waals surface area contributed by atoms with Gasteiger partial charge in [0.15, 0.2) is 15.1 Å². The molecule has 1 aliphatic carbocycles. The van der Waals surface area contributed by atoms with E-state index in [1.165, 1.54) is 12.5 Å². The predicted octanol–water partition coefficient (Wildman–Crippen LogP) is 1.90. The smallest absolute Gasteiger partial charge is 0.324 e. The van der Waals surface area contributed by atoms with Gasteiger partial charge in [0, 0.05) is 0 Å². The number of fused-ring (bicyclic) bond motifs is 1. The highest BCUT2D eigenvalue weighted by Crippen LogP contribution is 2.26. The summed E-state index contributed by atoms with van der Waals surface area (Å²) in [5, 5.41) is -1.16. The van der Waals surface area contributed by atoms with Crippen molar-refractivity contribution in [3.63, 3.8) is 0 Å². The maximum absolute atomic E-state index is 12.3. The number of esters is 1. The molecule has 0 amide bonds. The lowest BCUT2D eigenvalue weighted by Gasteiger charge is -2.12. The van der Waals surface area contributed by atoms with Crippen molar-refractivity contribution in [3.8, 4) is 0 Å². The molecule has 0 N–H and O–H groups in total. The van der Waals surface area contributed by atoms with Gasteiger partial charge in [-0.2, -0.15) is 0 Å². The Labute approximate surface area is 113 Å². The first-order chi connectivity index (χ1) is 8.96. The molecule has 1 aliphatic rings. The summed E-state index contributed by atoms with van der Waals surface area (Å²) in [5.41, 5.74) is 2.29. The Hall–Kier alpha value is -1.36. The molecule has 19 heavy (non-hydrogen) atoms. The summed E-state index contributed by atoms with van der Waals surface area (Å²) in [7, 11) is -3.66. The topological polar surface area (TPSA) is 60.4 Å². The van der Waals surface area contributed by atoms with E-state index in [0.29, 0.717) is 0 Å². The molecule has 1 atom stereocenters. The summed E-state index contributed by atoms with van der Waals surface area (Å²) in [6, 6.07) is 5.15. The molecule has 0 aliphatic heterocycles. The second-order valence-electron chi connectivity index (χ2n) is 4.72. The number of aryl methyl sites for hydroxylation is 2. The highest BCUT2D eigenvalue weighted by Gasteiger charge is 2.31. The summed E-state index contributed by atoms with van der Waals surface area (Å²) in [6.45, 7) is 3.22. The van der Waals surface area contributed by atoms with Crippen LogP contribution in [0, 0.1) is 0 Å². The van der Waals surface area contributed by atoms with Gasteiger partial charge in [0.05, 0.1) is 11.5 Å². The molecular formula is C14H18O4S. The fourth-order valence-electron chi connectivity index (χ4n) is 2.32. The molecule has 0 saturated carbocycles. The average molecular weight is 282 g/mol. The minimum Gasteiger partial charge on any atom is -0.465 e. The van der Waals surface area contributed by atoms with Crippen LogP contribution in [0.15, 0.2) is 23.1 Å². The third-order valence-electron chi connectivity index (χ3n) is 3.48. The SMILES string of the molecule is CCOC(=O)C(C)S(=O)(=O)c1ccc2c(c1)CCC2. The predicted molar refractivity (Wildman–Crippen MR) is 71.7 cm³/mol. The highest BCUT2D eigenvalue weighted by molar-refractivity contribution is 7.92. The van der Waals surface area contributed by atoms with Crippen LogP contribution in [0.25, 0.3) is 0 Å². The van der Waals surface area contributed by atoms with Crippen LogP contribution in [0.4, 0.5) is 0 Å². The standard InChI is InChI=1S/C14H18O4S/c1-3-18-14(15)10(2)19(16,17)13-8-7-11-5-4-6-12(11)9-13/h7-10H,3-6H2,1-2H3. The van der Waals surface area contributed by atoms with E-state index in [1.54, 1.807) is 19.1 Å². The van der Waals surface area contributed by atoms with Crippen LogP contribution >= 0.6 is 0 Å². The summed E-state index contributed by atoms with van der Waals surface area (Å²) >= 11 is 0. The second-order valence-corrected chi connectivity index (χ2v) is 6.99. The molecule has 0 bridgehead atoms. The summed E-state index contributed by atoms with van der Waals surface area (Å²) in [4.78, 5) is 11.8. The van der Waals surface area contributed by atoms with Gasteiger partial charge in [0.2, 0.25) is 0 Å². The maximum Gasteiger partial charge on any atom is 0.324 e. The van der Waals surface area contributed by atoms with Crippen molar-refractivity contribution >= 4 is 15.8 Å². The van der Waals surface area contributed by atoms with Gasteiger partial charge in [-0.15, -0.1) is 0 Å². The van der Waals surface area contributed by atoms with Gasteiger partial charge in [0.25, 0.3) is 0 Å². The van der Waals surface area contributed by atoms with Crippen molar-refractivity contribution in [3.05, 3.63) is 29.3 Å². The summed E-state index contributed by atoms with van der Waals surface area (Å²) in [5.74, 6) is -0.692. The Morgan fingerprint density at radius 3 is 2.68 bits per heavy atom. The molecule has 0 radical (unpaired) electrons. The largest absolute Gasteiger partial charge is 0.465 e. The number of carbonyl (C=O) groups is 1. The molecule has 1 aromatic carbocycles. The Morgan fingerprint density at radius 2 is 2.00 bits per heavy atom. The maximum atomic E-state index is 12.3. The monoisotopic (exact) mass is 282 g/mol. The Kier molecular flexibility index (Phi) is 3.94. The first kappa shape index (κ1) is 14.1. The van der Waals surface area contributed by atoms with E-state index < -0.39 is 21.1 Å². The lowest BCUT2D eigenvalue weighted by atomic mass is 10.1. The number of benzene rings is 1. The fraction of sp³-hybridized carbons (Fsp3) is 0.500. The van der Waals surface area contributed by atoms with Crippen LogP contribution < -0.4 is 0 Å². The van der Waals surface area contributed by atoms with E-state index in [9.17, 15) is 13.2 Å². The van der Waals surface area contributed by atoms with Gasteiger partial charge in [0.1, 0.15) is 0 Å². The van der Waals surface area contributed by atoms with Crippen LogP contribution in [0.5, 0.6) is 0 Å². The van der Waals surface area contributed by atoms with Gasteiger partial charge >= 0.3 is 5.97 Å². The summed E-state index contributed by atoms with van der Waals surface area (Å²) in [6.07, 6.45) is 2.97. The quantitative estimate of drug-likeness (QED) is 0.791. The normalized spacial score (nSPS) is 15.9. The average Bonchev–Trinajstić information content (AvgIpc) is 2.85. The van der Waals surface area contributed by atoms with Gasteiger partial charge in [-0.25, -0.2) is 8.42 Å². The van der Waals surface area contributed by atoms with E-state index in [0.717, 1.165) is 24.8 Å². The molecule has 4 nitrogen and oxygen atoms in total. The first-order valence-corrected chi connectivity index (χ1v) is 8.03. The van der Waals surface area contributed by atoms with E-state index in [1.807, 2.05) is 6.07 Å². The van der Waals surface area contributed by atoms with Gasteiger partial charge < -0.3 is 4.74 Å². The van der Waals surface area contributed by atoms with E-state index in [2.05, 4.69) is 0 Å². The molecule has 0 fully saturated rings. The molecule has 0 saturated heterocycles. The number of hydrogen-bond donors (Lipinski definition) is 0. The van der Waals surface area contributed by atoms with Crippen molar-refractivity contribution in [2.75, 3.05) is 6.61 Å². The lowest BCUT2D eigenvalue weighted by Crippen LogP contribution is -2.29. The van der Waals surface area contributed by atoms with Crippen LogP contribution in [0.2, 0.25) is 0 Å². The minimum atomic E-state index is -3.66. The molecule has 1 aromatic rings. The lowest BCUT2D eigenvalue weighted by molar-refractivity contribution is -0.142. The molecule has 104 valence electrons. The molecule has 1 unspecified atom stereocenters. The summed E-state index contributed by atoms with van der Waals surface area (Å²) < 4.78 is 29.5.